The number of anilines is 3. The lowest BCUT2D eigenvalue weighted by molar-refractivity contribution is 0.342. The second-order valence-corrected chi connectivity index (χ2v) is 4.59. The highest BCUT2D eigenvalue weighted by Gasteiger charge is 2.07. The average Bonchev–Trinajstić information content (AvgIpc) is 2.39. The maximum Gasteiger partial charge on any atom is 0.144 e. The van der Waals surface area contributed by atoms with Crippen LogP contribution in [0.4, 0.5) is 17.1 Å². The van der Waals surface area contributed by atoms with Gasteiger partial charge in [-0.25, -0.2) is 0 Å². The van der Waals surface area contributed by atoms with Gasteiger partial charge in [-0.1, -0.05) is 18.2 Å². The Hall–Kier alpha value is -2.16. The fourth-order valence-electron chi connectivity index (χ4n) is 1.95. The summed E-state index contributed by atoms with van der Waals surface area (Å²) < 4.78 is 5.50. The smallest absolute Gasteiger partial charge is 0.144 e. The summed E-state index contributed by atoms with van der Waals surface area (Å²) in [5, 5.41) is 3.38. The van der Waals surface area contributed by atoms with Gasteiger partial charge in [-0.05, 0) is 50.1 Å². The molecule has 3 heteroatoms. The van der Waals surface area contributed by atoms with E-state index < -0.39 is 0 Å². The molecule has 2 rings (SSSR count). The molecule has 3 nitrogen and oxygen atoms in total. The lowest BCUT2D eigenvalue weighted by atomic mass is 10.1. The van der Waals surface area contributed by atoms with Crippen molar-refractivity contribution in [2.24, 2.45) is 0 Å². The third-order valence-electron chi connectivity index (χ3n) is 3.03. The predicted octanol–water partition coefficient (Wildman–Crippen LogP) is 4.03. The Morgan fingerprint density at radius 2 is 1.89 bits per heavy atom. The summed E-state index contributed by atoms with van der Waals surface area (Å²) in [4.78, 5) is 0. The molecule has 0 aliphatic carbocycles. The predicted molar refractivity (Wildman–Crippen MR) is 81.2 cm³/mol. The van der Waals surface area contributed by atoms with Crippen molar-refractivity contribution in [1.29, 1.82) is 0 Å². The molecule has 3 N–H and O–H groups in total. The molecule has 0 amide bonds. The van der Waals surface area contributed by atoms with E-state index in [1.54, 1.807) is 0 Å². The third-order valence-corrected chi connectivity index (χ3v) is 3.03. The Kier molecular flexibility index (Phi) is 3.95. The minimum atomic E-state index is 0.608. The lowest BCUT2D eigenvalue weighted by Crippen LogP contribution is -2.02. The molecule has 0 bridgehead atoms. The number of hydrogen-bond acceptors (Lipinski definition) is 3. The molecule has 0 fully saturated rings. The second-order valence-electron chi connectivity index (χ2n) is 4.59. The van der Waals surface area contributed by atoms with Crippen LogP contribution in [0.1, 0.15) is 18.1 Å². The van der Waals surface area contributed by atoms with Crippen molar-refractivity contribution in [3.8, 4) is 5.75 Å². The molecule has 0 aliphatic heterocycles. The van der Waals surface area contributed by atoms with E-state index in [0.29, 0.717) is 12.3 Å². The Labute approximate surface area is 114 Å². The molecule has 0 spiro atoms. The molecule has 0 aromatic heterocycles. The Balaban J connectivity index is 2.33. The number of aryl methyl sites for hydroxylation is 2. The van der Waals surface area contributed by atoms with E-state index in [2.05, 4.69) is 37.4 Å². The summed E-state index contributed by atoms with van der Waals surface area (Å²) in [6.07, 6.45) is 0. The van der Waals surface area contributed by atoms with Crippen LogP contribution < -0.4 is 15.8 Å². The van der Waals surface area contributed by atoms with Gasteiger partial charge in [0.25, 0.3) is 0 Å². The number of para-hydroxylation sites is 1. The molecule has 2 aromatic carbocycles. The summed E-state index contributed by atoms with van der Waals surface area (Å²) >= 11 is 0. The molecule has 0 aliphatic rings. The highest BCUT2D eigenvalue weighted by atomic mass is 16.5. The first-order valence-electron chi connectivity index (χ1n) is 6.47. The topological polar surface area (TPSA) is 47.3 Å². The highest BCUT2D eigenvalue weighted by molar-refractivity contribution is 5.78. The lowest BCUT2D eigenvalue weighted by Gasteiger charge is -2.15. The van der Waals surface area contributed by atoms with Gasteiger partial charge in [0, 0.05) is 5.69 Å². The molecular formula is C16H20N2O. The maximum absolute atomic E-state index is 6.12. The first kappa shape index (κ1) is 13.3. The second kappa shape index (κ2) is 5.65. The Morgan fingerprint density at radius 1 is 1.11 bits per heavy atom. The molecule has 0 radical (unpaired) electrons. The number of nitrogens with two attached hydrogens (primary N) is 1. The third kappa shape index (κ3) is 2.99. The van der Waals surface area contributed by atoms with Crippen LogP contribution in [-0.2, 0) is 0 Å². The van der Waals surface area contributed by atoms with Crippen molar-refractivity contribution in [1.82, 2.24) is 0 Å². The van der Waals surface area contributed by atoms with Gasteiger partial charge in [0.15, 0.2) is 0 Å². The zero-order chi connectivity index (χ0) is 13.8. The maximum atomic E-state index is 6.12. The van der Waals surface area contributed by atoms with E-state index in [4.69, 9.17) is 10.5 Å². The quantitative estimate of drug-likeness (QED) is 0.812. The highest BCUT2D eigenvalue weighted by Crippen LogP contribution is 2.32. The fourth-order valence-corrected chi connectivity index (χ4v) is 1.95. The van der Waals surface area contributed by atoms with E-state index in [9.17, 15) is 0 Å². The molecule has 0 unspecified atom stereocenters. The van der Waals surface area contributed by atoms with Gasteiger partial charge < -0.3 is 15.8 Å². The van der Waals surface area contributed by atoms with Crippen molar-refractivity contribution < 1.29 is 4.74 Å². The van der Waals surface area contributed by atoms with Crippen LogP contribution in [0.5, 0.6) is 5.75 Å². The molecule has 19 heavy (non-hydrogen) atoms. The first-order valence-corrected chi connectivity index (χ1v) is 6.47. The number of nitrogen functional groups attached to an aromatic ring is 1. The van der Waals surface area contributed by atoms with Gasteiger partial charge in [0.2, 0.25) is 0 Å². The average molecular weight is 256 g/mol. The van der Waals surface area contributed by atoms with Gasteiger partial charge >= 0.3 is 0 Å². The van der Waals surface area contributed by atoms with Crippen molar-refractivity contribution >= 4 is 17.1 Å². The number of nitrogens with one attached hydrogen (secondary N) is 1. The first-order chi connectivity index (χ1) is 9.11. The van der Waals surface area contributed by atoms with Crippen LogP contribution in [0.3, 0.4) is 0 Å². The van der Waals surface area contributed by atoms with E-state index in [1.165, 1.54) is 11.1 Å². The summed E-state index contributed by atoms with van der Waals surface area (Å²) in [5.74, 6) is 0.720. The number of ether oxygens (including phenoxy) is 1. The van der Waals surface area contributed by atoms with Gasteiger partial charge in [-0.15, -0.1) is 0 Å². The minimum absolute atomic E-state index is 0.608. The van der Waals surface area contributed by atoms with Gasteiger partial charge in [-0.2, -0.15) is 0 Å². The van der Waals surface area contributed by atoms with Crippen LogP contribution in [0.25, 0.3) is 0 Å². The van der Waals surface area contributed by atoms with E-state index in [0.717, 1.165) is 17.1 Å². The standard InChI is InChI=1S/C16H20N2O/c1-4-19-15-7-5-6-13(16(15)17)18-14-10-11(2)8-9-12(14)3/h5-10,18H,4,17H2,1-3H3. The monoisotopic (exact) mass is 256 g/mol. The van der Waals surface area contributed by atoms with Crippen molar-refractivity contribution in [3.63, 3.8) is 0 Å². The Bertz CT molecular complexity index is 579. The molecule has 100 valence electrons. The van der Waals surface area contributed by atoms with Gasteiger partial charge in [0.1, 0.15) is 5.75 Å². The van der Waals surface area contributed by atoms with Crippen LogP contribution in [0, 0.1) is 13.8 Å². The summed E-state index contributed by atoms with van der Waals surface area (Å²) in [5.41, 5.74) is 11.1. The fraction of sp³-hybridized carbons (Fsp3) is 0.250. The number of hydrogen-bond donors (Lipinski definition) is 2. The molecule has 0 saturated heterocycles. The minimum Gasteiger partial charge on any atom is -0.492 e. The summed E-state index contributed by atoms with van der Waals surface area (Å²) in [6, 6.07) is 12.1. The SMILES string of the molecule is CCOc1cccc(Nc2cc(C)ccc2C)c1N. The summed E-state index contributed by atoms with van der Waals surface area (Å²) in [6.45, 7) is 6.70. The number of rotatable bonds is 4. The van der Waals surface area contributed by atoms with Crippen LogP contribution in [0.15, 0.2) is 36.4 Å². The Morgan fingerprint density at radius 3 is 2.63 bits per heavy atom. The molecule has 0 heterocycles. The molecule has 2 aromatic rings. The zero-order valence-electron chi connectivity index (χ0n) is 11.7. The normalized spacial score (nSPS) is 10.3. The van der Waals surface area contributed by atoms with Crippen molar-refractivity contribution in [2.45, 2.75) is 20.8 Å². The molecule has 0 saturated carbocycles. The largest absolute Gasteiger partial charge is 0.492 e. The van der Waals surface area contributed by atoms with E-state index >= 15 is 0 Å². The van der Waals surface area contributed by atoms with Crippen LogP contribution in [0.2, 0.25) is 0 Å². The van der Waals surface area contributed by atoms with E-state index in [1.807, 2.05) is 25.1 Å². The van der Waals surface area contributed by atoms with Crippen LogP contribution in [-0.4, -0.2) is 6.61 Å². The summed E-state index contributed by atoms with van der Waals surface area (Å²) in [7, 11) is 0. The molecular weight excluding hydrogens is 236 g/mol. The van der Waals surface area contributed by atoms with Crippen molar-refractivity contribution in [2.75, 3.05) is 17.7 Å². The van der Waals surface area contributed by atoms with Crippen LogP contribution >= 0.6 is 0 Å². The molecule has 0 atom stereocenters. The van der Waals surface area contributed by atoms with Gasteiger partial charge in [0.05, 0.1) is 18.0 Å². The van der Waals surface area contributed by atoms with Crippen molar-refractivity contribution in [3.05, 3.63) is 47.5 Å². The van der Waals surface area contributed by atoms with Gasteiger partial charge in [-0.3, -0.25) is 0 Å². The number of benzene rings is 2. The zero-order valence-corrected chi connectivity index (χ0v) is 11.7. The van der Waals surface area contributed by atoms with E-state index in [-0.39, 0.29) is 0 Å².